The first-order valence-corrected chi connectivity index (χ1v) is 10.4. The summed E-state index contributed by atoms with van der Waals surface area (Å²) in [5.74, 6) is 2.15. The van der Waals surface area contributed by atoms with Crippen LogP contribution in [0.2, 0.25) is 0 Å². The van der Waals surface area contributed by atoms with Gasteiger partial charge in [0.25, 0.3) is 0 Å². The molecule has 2 aromatic carbocycles. The lowest BCUT2D eigenvalue weighted by atomic mass is 10.1. The van der Waals surface area contributed by atoms with E-state index in [2.05, 4.69) is 15.2 Å². The first kappa shape index (κ1) is 20.5. The predicted octanol–water partition coefficient (Wildman–Crippen LogP) is 3.52. The van der Waals surface area contributed by atoms with Gasteiger partial charge in [0.2, 0.25) is 0 Å². The number of morpholine rings is 1. The molecule has 0 spiro atoms. The summed E-state index contributed by atoms with van der Waals surface area (Å²) >= 11 is 0. The number of hydrogen-bond donors (Lipinski definition) is 1. The van der Waals surface area contributed by atoms with Gasteiger partial charge in [-0.1, -0.05) is 18.2 Å². The third kappa shape index (κ3) is 4.84. The highest BCUT2D eigenvalue weighted by molar-refractivity contribution is 5.80. The van der Waals surface area contributed by atoms with Crippen LogP contribution in [0.5, 0.6) is 11.5 Å². The maximum absolute atomic E-state index is 13.3. The van der Waals surface area contributed by atoms with E-state index in [9.17, 15) is 4.39 Å². The summed E-state index contributed by atoms with van der Waals surface area (Å²) in [5, 5.41) is 3.44. The average molecular weight is 413 g/mol. The zero-order valence-corrected chi connectivity index (χ0v) is 17.4. The molecule has 0 aromatic heterocycles. The monoisotopic (exact) mass is 413 g/mol. The zero-order chi connectivity index (χ0) is 20.9. The fourth-order valence-corrected chi connectivity index (χ4v) is 3.82. The maximum Gasteiger partial charge on any atom is 0.194 e. The largest absolute Gasteiger partial charge is 0.490 e. The lowest BCUT2D eigenvalue weighted by molar-refractivity contribution is -0.0605. The minimum Gasteiger partial charge on any atom is -0.490 e. The SMILES string of the molecule is CN=C(NCc1ccc2c(c1)OCCCO2)N1CC(C)OC(c2ccc(F)cc2)C1. The molecule has 0 saturated carbocycles. The van der Waals surface area contributed by atoms with Crippen LogP contribution in [0, 0.1) is 5.82 Å². The molecular weight excluding hydrogens is 385 g/mol. The van der Waals surface area contributed by atoms with Crippen molar-refractivity contribution in [1.29, 1.82) is 0 Å². The second kappa shape index (κ2) is 9.34. The molecule has 6 nitrogen and oxygen atoms in total. The van der Waals surface area contributed by atoms with Crippen LogP contribution in [-0.4, -0.2) is 50.3 Å². The lowest BCUT2D eigenvalue weighted by Gasteiger charge is -2.38. The smallest absolute Gasteiger partial charge is 0.194 e. The Morgan fingerprint density at radius 2 is 1.87 bits per heavy atom. The highest BCUT2D eigenvalue weighted by atomic mass is 19.1. The van der Waals surface area contributed by atoms with Crippen molar-refractivity contribution in [2.45, 2.75) is 32.1 Å². The molecule has 2 unspecified atom stereocenters. The van der Waals surface area contributed by atoms with Crippen LogP contribution in [0.3, 0.4) is 0 Å². The Labute approximate surface area is 176 Å². The van der Waals surface area contributed by atoms with E-state index in [1.54, 1.807) is 19.2 Å². The normalized spacial score (nSPS) is 21.8. The number of nitrogens with zero attached hydrogens (tertiary/aromatic N) is 2. The molecule has 2 aromatic rings. The Morgan fingerprint density at radius 3 is 2.63 bits per heavy atom. The molecule has 2 aliphatic heterocycles. The van der Waals surface area contributed by atoms with E-state index in [0.717, 1.165) is 41.6 Å². The van der Waals surface area contributed by atoms with Crippen molar-refractivity contribution >= 4 is 5.96 Å². The molecular formula is C23H28FN3O3. The van der Waals surface area contributed by atoms with Crippen molar-refractivity contribution in [3.8, 4) is 11.5 Å². The van der Waals surface area contributed by atoms with Gasteiger partial charge in [0.15, 0.2) is 17.5 Å². The van der Waals surface area contributed by atoms with E-state index in [4.69, 9.17) is 14.2 Å². The molecule has 2 heterocycles. The minimum absolute atomic E-state index is 0.0328. The van der Waals surface area contributed by atoms with Gasteiger partial charge in [0.1, 0.15) is 11.9 Å². The number of benzene rings is 2. The number of ether oxygens (including phenoxy) is 3. The number of hydrogen-bond acceptors (Lipinski definition) is 4. The van der Waals surface area contributed by atoms with Gasteiger partial charge in [-0.05, 0) is 42.3 Å². The Bertz CT molecular complexity index is 888. The number of aliphatic imine (C=N–C) groups is 1. The predicted molar refractivity (Wildman–Crippen MR) is 114 cm³/mol. The third-order valence-corrected chi connectivity index (χ3v) is 5.28. The first-order chi connectivity index (χ1) is 14.6. The summed E-state index contributed by atoms with van der Waals surface area (Å²) in [6, 6.07) is 12.5. The molecule has 2 atom stereocenters. The second-order valence-corrected chi connectivity index (χ2v) is 7.62. The molecule has 160 valence electrons. The summed E-state index contributed by atoms with van der Waals surface area (Å²) in [7, 11) is 1.78. The van der Waals surface area contributed by atoms with Gasteiger partial charge in [-0.15, -0.1) is 0 Å². The molecule has 4 rings (SSSR count). The molecule has 0 bridgehead atoms. The Balaban J connectivity index is 1.42. The summed E-state index contributed by atoms with van der Waals surface area (Å²) in [5.41, 5.74) is 2.06. The van der Waals surface area contributed by atoms with Crippen LogP contribution in [-0.2, 0) is 11.3 Å². The topological polar surface area (TPSA) is 55.3 Å². The van der Waals surface area contributed by atoms with Crippen molar-refractivity contribution < 1.29 is 18.6 Å². The van der Waals surface area contributed by atoms with E-state index >= 15 is 0 Å². The van der Waals surface area contributed by atoms with Gasteiger partial charge in [0.05, 0.1) is 25.9 Å². The molecule has 1 N–H and O–H groups in total. The Kier molecular flexibility index (Phi) is 6.38. The molecule has 0 radical (unpaired) electrons. The van der Waals surface area contributed by atoms with Crippen molar-refractivity contribution in [3.05, 3.63) is 59.4 Å². The summed E-state index contributed by atoms with van der Waals surface area (Å²) < 4.78 is 30.9. The average Bonchev–Trinajstić information content (AvgIpc) is 2.99. The van der Waals surface area contributed by atoms with Crippen LogP contribution in [0.1, 0.15) is 30.6 Å². The van der Waals surface area contributed by atoms with E-state index in [0.29, 0.717) is 26.3 Å². The van der Waals surface area contributed by atoms with Crippen LogP contribution < -0.4 is 14.8 Å². The van der Waals surface area contributed by atoms with Crippen LogP contribution in [0.4, 0.5) is 4.39 Å². The fraction of sp³-hybridized carbons (Fsp3) is 0.435. The van der Waals surface area contributed by atoms with Crippen LogP contribution >= 0.6 is 0 Å². The minimum atomic E-state index is -0.243. The maximum atomic E-state index is 13.3. The first-order valence-electron chi connectivity index (χ1n) is 10.4. The summed E-state index contributed by atoms with van der Waals surface area (Å²) in [6.45, 7) is 5.40. The molecule has 30 heavy (non-hydrogen) atoms. The van der Waals surface area contributed by atoms with Gasteiger partial charge in [-0.2, -0.15) is 0 Å². The number of rotatable bonds is 3. The number of guanidine groups is 1. The molecule has 0 amide bonds. The molecule has 2 aliphatic rings. The number of fused-ring (bicyclic) bond motifs is 1. The van der Waals surface area contributed by atoms with Crippen molar-refractivity contribution in [1.82, 2.24) is 10.2 Å². The fourth-order valence-electron chi connectivity index (χ4n) is 3.82. The quantitative estimate of drug-likeness (QED) is 0.616. The van der Waals surface area contributed by atoms with Crippen LogP contribution in [0.25, 0.3) is 0 Å². The zero-order valence-electron chi connectivity index (χ0n) is 17.4. The summed E-state index contributed by atoms with van der Waals surface area (Å²) in [4.78, 5) is 6.65. The van der Waals surface area contributed by atoms with E-state index in [1.807, 2.05) is 25.1 Å². The van der Waals surface area contributed by atoms with Crippen molar-refractivity contribution in [2.24, 2.45) is 4.99 Å². The van der Waals surface area contributed by atoms with E-state index in [1.165, 1.54) is 12.1 Å². The van der Waals surface area contributed by atoms with Gasteiger partial charge >= 0.3 is 0 Å². The van der Waals surface area contributed by atoms with Gasteiger partial charge in [0, 0.05) is 26.6 Å². The van der Waals surface area contributed by atoms with Crippen molar-refractivity contribution in [2.75, 3.05) is 33.4 Å². The van der Waals surface area contributed by atoms with E-state index < -0.39 is 0 Å². The Morgan fingerprint density at radius 1 is 1.10 bits per heavy atom. The molecule has 1 fully saturated rings. The van der Waals surface area contributed by atoms with Crippen molar-refractivity contribution in [3.63, 3.8) is 0 Å². The standard InChI is InChI=1S/C23H28FN3O3/c1-16-14-27(15-22(30-16)18-5-7-19(24)8-6-18)23(25-2)26-13-17-4-9-20-21(12-17)29-11-3-10-28-20/h4-9,12,16,22H,3,10-11,13-15H2,1-2H3,(H,25,26). The van der Waals surface area contributed by atoms with Gasteiger partial charge in [-0.25, -0.2) is 4.39 Å². The number of nitrogens with one attached hydrogen (secondary N) is 1. The highest BCUT2D eigenvalue weighted by Crippen LogP contribution is 2.30. The lowest BCUT2D eigenvalue weighted by Crippen LogP contribution is -2.50. The molecule has 7 heteroatoms. The Hall–Kier alpha value is -2.80. The van der Waals surface area contributed by atoms with E-state index in [-0.39, 0.29) is 18.0 Å². The summed E-state index contributed by atoms with van der Waals surface area (Å²) in [6.07, 6.45) is 0.788. The molecule has 0 aliphatic carbocycles. The van der Waals surface area contributed by atoms with Gasteiger partial charge in [-0.3, -0.25) is 4.99 Å². The highest BCUT2D eigenvalue weighted by Gasteiger charge is 2.28. The van der Waals surface area contributed by atoms with Crippen LogP contribution in [0.15, 0.2) is 47.5 Å². The van der Waals surface area contributed by atoms with Gasteiger partial charge < -0.3 is 24.4 Å². The third-order valence-electron chi connectivity index (χ3n) is 5.28. The molecule has 1 saturated heterocycles. The number of halogens is 1. The second-order valence-electron chi connectivity index (χ2n) is 7.62.